The number of aromatic nitrogens is 3. The van der Waals surface area contributed by atoms with Crippen LogP contribution in [-0.4, -0.2) is 15.0 Å². The van der Waals surface area contributed by atoms with Crippen LogP contribution in [0.3, 0.4) is 0 Å². The molecule has 0 N–H and O–H groups in total. The first-order valence-corrected chi connectivity index (χ1v) is 11.1. The maximum Gasteiger partial charge on any atom is 0.216 e. The third-order valence-electron chi connectivity index (χ3n) is 5.54. The molecule has 4 nitrogen and oxygen atoms in total. The molecular weight excluding hydrogens is 611 g/mol. The van der Waals surface area contributed by atoms with E-state index in [0.717, 1.165) is 44.4 Å². The van der Waals surface area contributed by atoms with Crippen LogP contribution in [0, 0.1) is 32.9 Å². The number of fused-ring (bicyclic) bond motifs is 3. The van der Waals surface area contributed by atoms with Crippen LogP contribution in [-0.2, 0) is 20.1 Å². The molecule has 2 aromatic carbocycles. The summed E-state index contributed by atoms with van der Waals surface area (Å²) in [5.41, 5.74) is 8.79. The van der Waals surface area contributed by atoms with Crippen molar-refractivity contribution in [3.63, 3.8) is 0 Å². The average Bonchev–Trinajstić information content (AvgIpc) is 3.24. The first-order valence-electron chi connectivity index (χ1n) is 11.1. The fraction of sp³-hybridized carbons (Fsp3) is 0.100. The van der Waals surface area contributed by atoms with Crippen molar-refractivity contribution in [2.45, 2.75) is 20.8 Å². The van der Waals surface area contributed by atoms with Crippen molar-refractivity contribution in [1.29, 1.82) is 0 Å². The predicted molar refractivity (Wildman–Crippen MR) is 136 cm³/mol. The summed E-state index contributed by atoms with van der Waals surface area (Å²) in [6.45, 7) is 6.14. The molecule has 0 unspecified atom stereocenters. The maximum atomic E-state index is 5.90. The Morgan fingerprint density at radius 1 is 0.714 bits per heavy atom. The number of furan rings is 1. The summed E-state index contributed by atoms with van der Waals surface area (Å²) >= 11 is 0. The Morgan fingerprint density at radius 3 is 2.31 bits per heavy atom. The Hall–Kier alpha value is -3.66. The molecule has 4 heterocycles. The van der Waals surface area contributed by atoms with Gasteiger partial charge in [-0.05, 0) is 49.0 Å². The largest absolute Gasteiger partial charge is 0.486 e. The third kappa shape index (κ3) is 5.37. The van der Waals surface area contributed by atoms with Gasteiger partial charge in [0.15, 0.2) is 0 Å². The van der Waals surface area contributed by atoms with Gasteiger partial charge in [-0.1, -0.05) is 41.6 Å². The molecule has 1 radical (unpaired) electrons. The van der Waals surface area contributed by atoms with Crippen molar-refractivity contribution in [3.8, 4) is 22.5 Å². The number of nitrogens with zero attached hydrogens (tertiary/aromatic N) is 3. The molecule has 0 saturated carbocycles. The molecule has 0 aliphatic rings. The number of benzene rings is 2. The average molecular weight is 634 g/mol. The molecule has 0 saturated heterocycles. The molecule has 0 fully saturated rings. The van der Waals surface area contributed by atoms with Gasteiger partial charge < -0.3 is 14.4 Å². The molecule has 0 atom stereocenters. The summed E-state index contributed by atoms with van der Waals surface area (Å²) in [5.74, 6) is 0. The van der Waals surface area contributed by atoms with E-state index < -0.39 is 0 Å². The van der Waals surface area contributed by atoms with Crippen molar-refractivity contribution in [2.75, 3.05) is 0 Å². The third-order valence-corrected chi connectivity index (χ3v) is 5.54. The normalized spacial score (nSPS) is 10.5. The fourth-order valence-electron chi connectivity index (χ4n) is 3.73. The number of pyridine rings is 3. The molecule has 0 bridgehead atoms. The van der Waals surface area contributed by atoms with Crippen molar-refractivity contribution in [1.82, 2.24) is 15.0 Å². The molecule has 0 aliphatic carbocycles. The van der Waals surface area contributed by atoms with Crippen molar-refractivity contribution in [2.24, 2.45) is 0 Å². The van der Waals surface area contributed by atoms with E-state index in [2.05, 4.69) is 46.1 Å². The zero-order chi connectivity index (χ0) is 23.5. The van der Waals surface area contributed by atoms with Crippen LogP contribution in [0.4, 0.5) is 0 Å². The molecule has 0 spiro atoms. The van der Waals surface area contributed by atoms with Crippen LogP contribution in [0.25, 0.3) is 44.6 Å². The summed E-state index contributed by atoms with van der Waals surface area (Å²) < 4.78 is 5.90. The van der Waals surface area contributed by atoms with Gasteiger partial charge in [-0.2, -0.15) is 0 Å². The minimum atomic E-state index is 0. The molecule has 0 aliphatic heterocycles. The van der Waals surface area contributed by atoms with Crippen LogP contribution in [0.1, 0.15) is 16.7 Å². The van der Waals surface area contributed by atoms with Gasteiger partial charge in [0.2, 0.25) is 5.71 Å². The predicted octanol–water partition coefficient (Wildman–Crippen LogP) is 7.31. The van der Waals surface area contributed by atoms with Crippen molar-refractivity contribution >= 4 is 22.1 Å². The second kappa shape index (κ2) is 10.7. The van der Waals surface area contributed by atoms with E-state index in [1.165, 1.54) is 11.1 Å². The summed E-state index contributed by atoms with van der Waals surface area (Å²) in [6.07, 6.45) is 5.42. The van der Waals surface area contributed by atoms with Crippen LogP contribution in [0.5, 0.6) is 0 Å². The standard InChI is InChI=1S/C17H11N2O.C13H12N.Ir/c1-11-7-9-18-15(10-11)14-5-2-4-12-13-6-3-8-19-17(13)20-16(12)14;1-10-3-6-12(7-4-10)13-8-5-11(2)9-14-13;/h2-4,6-10H,1H3;3-6,8-9H,1-2H3;/q2*-1;. The van der Waals surface area contributed by atoms with Gasteiger partial charge in [0.05, 0.1) is 5.58 Å². The van der Waals surface area contributed by atoms with Gasteiger partial charge in [-0.15, -0.1) is 53.6 Å². The molecule has 4 aromatic heterocycles. The number of hydrogen-bond acceptors (Lipinski definition) is 4. The molecule has 0 amide bonds. The van der Waals surface area contributed by atoms with Gasteiger partial charge in [-0.25, -0.2) is 4.98 Å². The quantitative estimate of drug-likeness (QED) is 0.188. The van der Waals surface area contributed by atoms with Crippen molar-refractivity contribution < 1.29 is 24.5 Å². The summed E-state index contributed by atoms with van der Waals surface area (Å²) in [5, 5.41) is 2.07. The molecule has 5 heteroatoms. The Balaban J connectivity index is 0.000000171. The van der Waals surface area contributed by atoms with Crippen LogP contribution < -0.4 is 0 Å². The van der Waals surface area contributed by atoms with E-state index in [0.29, 0.717) is 5.71 Å². The van der Waals surface area contributed by atoms with E-state index in [4.69, 9.17) is 4.42 Å². The Labute approximate surface area is 218 Å². The smallest absolute Gasteiger partial charge is 0.216 e. The minimum absolute atomic E-state index is 0. The SMILES string of the molecule is Cc1c[c-]c(-c2ccc(C)cn2)cc1.Cc1ccnc(-c2[c-]ccc3c2oc2ncccc23)c1.[Ir]. The van der Waals surface area contributed by atoms with Crippen LogP contribution in [0.15, 0.2) is 89.7 Å². The zero-order valence-electron chi connectivity index (χ0n) is 19.7. The molecule has 35 heavy (non-hydrogen) atoms. The molecule has 6 rings (SSSR count). The Morgan fingerprint density at radius 2 is 1.57 bits per heavy atom. The number of aryl methyl sites for hydroxylation is 3. The first kappa shape index (κ1) is 24.5. The van der Waals surface area contributed by atoms with Gasteiger partial charge in [0.1, 0.15) is 0 Å². The first-order chi connectivity index (χ1) is 16.6. The van der Waals surface area contributed by atoms with E-state index in [1.807, 2.05) is 74.6 Å². The Kier molecular flexibility index (Phi) is 7.50. The van der Waals surface area contributed by atoms with Crippen LogP contribution >= 0.6 is 0 Å². The van der Waals surface area contributed by atoms with Crippen molar-refractivity contribution in [3.05, 3.63) is 114 Å². The molecule has 6 aromatic rings. The molecular formula is C30H23IrN3O-2. The second-order valence-corrected chi connectivity index (χ2v) is 8.27. The monoisotopic (exact) mass is 634 g/mol. The van der Waals surface area contributed by atoms with E-state index >= 15 is 0 Å². The summed E-state index contributed by atoms with van der Waals surface area (Å²) in [6, 6.07) is 28.5. The minimum Gasteiger partial charge on any atom is -0.486 e. The maximum absolute atomic E-state index is 5.90. The van der Waals surface area contributed by atoms with E-state index in [1.54, 1.807) is 12.4 Å². The van der Waals surface area contributed by atoms with E-state index in [9.17, 15) is 0 Å². The van der Waals surface area contributed by atoms with Gasteiger partial charge in [-0.3, -0.25) is 0 Å². The number of hydrogen-bond donors (Lipinski definition) is 0. The zero-order valence-corrected chi connectivity index (χ0v) is 22.1. The van der Waals surface area contributed by atoms with Gasteiger partial charge in [0.25, 0.3) is 0 Å². The topological polar surface area (TPSA) is 51.8 Å². The van der Waals surface area contributed by atoms with Gasteiger partial charge in [0, 0.05) is 44.1 Å². The Bertz CT molecular complexity index is 1530. The summed E-state index contributed by atoms with van der Waals surface area (Å²) in [4.78, 5) is 13.0. The fourth-order valence-corrected chi connectivity index (χ4v) is 3.73. The van der Waals surface area contributed by atoms with Gasteiger partial charge >= 0.3 is 0 Å². The molecule has 175 valence electrons. The van der Waals surface area contributed by atoms with E-state index in [-0.39, 0.29) is 20.1 Å². The summed E-state index contributed by atoms with van der Waals surface area (Å²) in [7, 11) is 0. The number of rotatable bonds is 2. The second-order valence-electron chi connectivity index (χ2n) is 8.27. The van der Waals surface area contributed by atoms with Crippen LogP contribution in [0.2, 0.25) is 0 Å².